The van der Waals surface area contributed by atoms with Gasteiger partial charge in [0.1, 0.15) is 16.3 Å². The maximum atomic E-state index is 16.0. The lowest BCUT2D eigenvalue weighted by atomic mass is 9.96. The molecule has 1 aliphatic heterocycles. The minimum Gasteiger partial charge on any atom is -0.508 e. The topological polar surface area (TPSA) is 39.6 Å². The van der Waals surface area contributed by atoms with Crippen molar-refractivity contribution in [3.05, 3.63) is 66.0 Å². The Balaban J connectivity index is 1.63. The molecule has 0 saturated carbocycles. The van der Waals surface area contributed by atoms with Crippen molar-refractivity contribution in [3.63, 3.8) is 0 Å². The van der Waals surface area contributed by atoms with E-state index in [4.69, 9.17) is 11.6 Å². The Morgan fingerprint density at radius 3 is 2.79 bits per heavy atom. The van der Waals surface area contributed by atoms with Gasteiger partial charge in [0.25, 0.3) is 0 Å². The largest absolute Gasteiger partial charge is 0.508 e. The second-order valence-corrected chi connectivity index (χ2v) is 10.4. The molecule has 4 nitrogen and oxygen atoms in total. The Morgan fingerprint density at radius 1 is 1.24 bits per heavy atom. The maximum absolute atomic E-state index is 16.0. The summed E-state index contributed by atoms with van der Waals surface area (Å²) in [5.74, 6) is 0.0376. The van der Waals surface area contributed by atoms with Crippen molar-refractivity contribution >= 4 is 49.8 Å². The van der Waals surface area contributed by atoms with Crippen LogP contribution in [-0.4, -0.2) is 46.6 Å². The molecule has 1 N–H and O–H groups in total. The van der Waals surface area contributed by atoms with Crippen LogP contribution in [0.4, 0.5) is 9.39 Å². The first-order valence-electron chi connectivity index (χ1n) is 11.5. The van der Waals surface area contributed by atoms with Crippen LogP contribution in [0.15, 0.2) is 55.1 Å². The molecule has 1 atom stereocenters. The molecule has 7 heteroatoms. The molecule has 0 radical (unpaired) electrons. The number of anilines is 1. The number of aromatic hydroxyl groups is 1. The van der Waals surface area contributed by atoms with E-state index < -0.39 is 5.82 Å². The summed E-state index contributed by atoms with van der Waals surface area (Å²) in [5.41, 5.74) is 1.16. The minimum absolute atomic E-state index is 0.0698. The van der Waals surface area contributed by atoms with Crippen LogP contribution in [0.2, 0.25) is 5.02 Å². The Bertz CT molecular complexity index is 1390. The summed E-state index contributed by atoms with van der Waals surface area (Å²) < 4.78 is 20.6. The van der Waals surface area contributed by atoms with E-state index in [0.717, 1.165) is 47.3 Å². The Hall–Kier alpha value is -2.67. The fourth-order valence-electron chi connectivity index (χ4n) is 5.00. The van der Waals surface area contributed by atoms with Crippen molar-refractivity contribution in [2.45, 2.75) is 19.9 Å². The molecule has 1 aromatic heterocycles. The normalized spacial score (nSPS) is 17.2. The molecular weight excluding hydrogens is 469 g/mol. The molecule has 5 rings (SSSR count). The van der Waals surface area contributed by atoms with E-state index in [1.165, 1.54) is 11.5 Å². The average Bonchev–Trinajstić information content (AvgIpc) is 3.23. The Labute approximate surface area is 208 Å². The molecule has 4 aromatic rings. The van der Waals surface area contributed by atoms with Crippen LogP contribution in [-0.2, 0) is 0 Å². The first-order chi connectivity index (χ1) is 16.4. The van der Waals surface area contributed by atoms with E-state index in [-0.39, 0.29) is 17.4 Å². The van der Waals surface area contributed by atoms with Crippen LogP contribution in [0.5, 0.6) is 5.75 Å². The number of halogens is 2. The highest BCUT2D eigenvalue weighted by atomic mass is 35.5. The number of benzene rings is 3. The van der Waals surface area contributed by atoms with Gasteiger partial charge >= 0.3 is 0 Å². The minimum atomic E-state index is -0.452. The van der Waals surface area contributed by atoms with E-state index in [1.54, 1.807) is 12.1 Å². The fourth-order valence-corrected chi connectivity index (χ4v) is 6.23. The Kier molecular flexibility index (Phi) is 6.23. The van der Waals surface area contributed by atoms with Gasteiger partial charge in [-0.1, -0.05) is 55.8 Å². The lowest BCUT2D eigenvalue weighted by molar-refractivity contribution is 0.218. The van der Waals surface area contributed by atoms with E-state index >= 15 is 4.39 Å². The summed E-state index contributed by atoms with van der Waals surface area (Å²) in [6.45, 7) is 11.9. The average molecular weight is 496 g/mol. The fraction of sp³-hybridized carbons (Fsp3) is 0.296. The highest BCUT2D eigenvalue weighted by Gasteiger charge is 2.32. The number of fused-ring (bicyclic) bond motifs is 2. The predicted octanol–water partition coefficient (Wildman–Crippen LogP) is 6.95. The van der Waals surface area contributed by atoms with Crippen LogP contribution < -0.4 is 4.90 Å². The summed E-state index contributed by atoms with van der Waals surface area (Å²) in [4.78, 5) is 4.76. The number of piperazine rings is 1. The highest BCUT2D eigenvalue weighted by Crippen LogP contribution is 2.44. The number of hydrogen-bond acceptors (Lipinski definition) is 5. The van der Waals surface area contributed by atoms with Crippen LogP contribution >= 0.6 is 23.1 Å². The summed E-state index contributed by atoms with van der Waals surface area (Å²) in [6.07, 6.45) is 1.94. The van der Waals surface area contributed by atoms with Crippen molar-refractivity contribution in [2.24, 2.45) is 5.92 Å². The number of nitrogens with zero attached hydrogens (tertiary/aromatic N) is 3. The second kappa shape index (κ2) is 9.17. The van der Waals surface area contributed by atoms with E-state index in [1.807, 2.05) is 36.4 Å². The third kappa shape index (κ3) is 3.94. The van der Waals surface area contributed by atoms with Gasteiger partial charge in [-0.2, -0.15) is 4.37 Å². The SMILES string of the molecule is C=CCN1CCN(c2snc3c(F)c(-c4cc(O)cc5ccccc45)c(Cl)cc23)[C@H](C(C)C)C1. The third-order valence-electron chi connectivity index (χ3n) is 6.68. The molecule has 176 valence electrons. The van der Waals surface area contributed by atoms with Gasteiger partial charge < -0.3 is 10.0 Å². The third-order valence-corrected chi connectivity index (χ3v) is 7.88. The Morgan fingerprint density at radius 2 is 2.03 bits per heavy atom. The predicted molar refractivity (Wildman–Crippen MR) is 142 cm³/mol. The maximum Gasteiger partial charge on any atom is 0.159 e. The molecule has 0 bridgehead atoms. The van der Waals surface area contributed by atoms with Gasteiger partial charge in [0.2, 0.25) is 0 Å². The quantitative estimate of drug-likeness (QED) is 0.304. The molecule has 3 aromatic carbocycles. The number of rotatable bonds is 5. The number of hydrogen-bond donors (Lipinski definition) is 1. The molecular formula is C27H27ClFN3OS. The molecule has 1 saturated heterocycles. The van der Waals surface area contributed by atoms with Crippen LogP contribution in [0.3, 0.4) is 0 Å². The van der Waals surface area contributed by atoms with Gasteiger partial charge in [0.05, 0.1) is 5.02 Å². The number of phenols is 1. The highest BCUT2D eigenvalue weighted by molar-refractivity contribution is 7.11. The van der Waals surface area contributed by atoms with E-state index in [2.05, 4.69) is 34.6 Å². The van der Waals surface area contributed by atoms with Crippen molar-refractivity contribution in [1.82, 2.24) is 9.27 Å². The molecule has 1 aliphatic rings. The van der Waals surface area contributed by atoms with Gasteiger partial charge in [-0.05, 0) is 52.0 Å². The summed E-state index contributed by atoms with van der Waals surface area (Å²) in [5, 5.41) is 13.9. The lowest BCUT2D eigenvalue weighted by Crippen LogP contribution is -2.55. The number of phenolic OH excluding ortho intramolecular Hbond substituents is 1. The monoisotopic (exact) mass is 495 g/mol. The van der Waals surface area contributed by atoms with E-state index in [0.29, 0.717) is 22.0 Å². The van der Waals surface area contributed by atoms with Gasteiger partial charge in [0, 0.05) is 43.2 Å². The zero-order valence-corrected chi connectivity index (χ0v) is 20.8. The van der Waals surface area contributed by atoms with Crippen molar-refractivity contribution < 1.29 is 9.50 Å². The molecule has 1 fully saturated rings. The molecule has 0 unspecified atom stereocenters. The van der Waals surface area contributed by atoms with Crippen molar-refractivity contribution in [1.29, 1.82) is 0 Å². The summed E-state index contributed by atoms with van der Waals surface area (Å²) in [7, 11) is 0. The summed E-state index contributed by atoms with van der Waals surface area (Å²) >= 11 is 8.07. The van der Waals surface area contributed by atoms with Gasteiger partial charge in [-0.25, -0.2) is 4.39 Å². The van der Waals surface area contributed by atoms with E-state index in [9.17, 15) is 5.11 Å². The lowest BCUT2D eigenvalue weighted by Gasteiger charge is -2.43. The van der Waals surface area contributed by atoms with Crippen LogP contribution in [0.25, 0.3) is 32.8 Å². The first-order valence-corrected chi connectivity index (χ1v) is 12.6. The smallest absolute Gasteiger partial charge is 0.159 e. The second-order valence-electron chi connectivity index (χ2n) is 9.20. The van der Waals surface area contributed by atoms with Gasteiger partial charge in [-0.15, -0.1) is 6.58 Å². The molecule has 0 amide bonds. The summed E-state index contributed by atoms with van der Waals surface area (Å²) in [6, 6.07) is 12.9. The van der Waals surface area contributed by atoms with Crippen LogP contribution in [0, 0.1) is 11.7 Å². The first kappa shape index (κ1) is 23.1. The van der Waals surface area contributed by atoms with Gasteiger partial charge in [-0.3, -0.25) is 4.90 Å². The van der Waals surface area contributed by atoms with Crippen molar-refractivity contribution in [3.8, 4) is 16.9 Å². The molecule has 0 spiro atoms. The molecule has 34 heavy (non-hydrogen) atoms. The standard InChI is InChI=1S/C27H27ClFN3OS/c1-4-9-31-10-11-32(23(15-31)16(2)3)27-21-14-22(28)24(25(29)26(21)30-34-27)20-13-18(33)12-17-7-5-6-8-19(17)20/h4-8,12-14,16,23,33H,1,9-11,15H2,2-3H3/t23-/m0/s1. The zero-order valence-electron chi connectivity index (χ0n) is 19.3. The van der Waals surface area contributed by atoms with Crippen LogP contribution in [0.1, 0.15) is 13.8 Å². The molecule has 2 heterocycles. The number of aromatic nitrogens is 1. The van der Waals surface area contributed by atoms with Crippen molar-refractivity contribution in [2.75, 3.05) is 31.1 Å². The van der Waals surface area contributed by atoms with Gasteiger partial charge in [0.15, 0.2) is 5.82 Å². The zero-order chi connectivity index (χ0) is 24.0. The molecule has 0 aliphatic carbocycles.